The van der Waals surface area contributed by atoms with Gasteiger partial charge in [-0.2, -0.15) is 0 Å². The predicted octanol–water partition coefficient (Wildman–Crippen LogP) is 1.25. The Labute approximate surface area is 160 Å². The third kappa shape index (κ3) is 4.91. The number of benzene rings is 1. The normalized spacial score (nSPS) is 18.6. The lowest BCUT2D eigenvalue weighted by atomic mass is 9.90. The van der Waals surface area contributed by atoms with Gasteiger partial charge < -0.3 is 29.1 Å². The summed E-state index contributed by atoms with van der Waals surface area (Å²) in [5.41, 5.74) is 0.561. The summed E-state index contributed by atoms with van der Waals surface area (Å²) < 4.78 is 16.3. The van der Waals surface area contributed by atoms with Crippen molar-refractivity contribution in [3.05, 3.63) is 23.8 Å². The SMILES string of the molecule is COCCN(C)CC(O)C1CCN(C(=O)c2cccc3c2OCCO3)CC1. The molecule has 2 heterocycles. The molecule has 0 aromatic heterocycles. The van der Waals surface area contributed by atoms with Crippen molar-refractivity contribution in [1.29, 1.82) is 0 Å². The maximum absolute atomic E-state index is 12.9. The summed E-state index contributed by atoms with van der Waals surface area (Å²) in [6.45, 7) is 4.34. The number of likely N-dealkylation sites (tertiary alicyclic amines) is 1. The van der Waals surface area contributed by atoms with E-state index < -0.39 is 0 Å². The lowest BCUT2D eigenvalue weighted by molar-refractivity contribution is 0.0290. The second kappa shape index (κ2) is 9.39. The third-order valence-corrected chi connectivity index (χ3v) is 5.34. The van der Waals surface area contributed by atoms with Crippen LogP contribution in [0, 0.1) is 5.92 Å². The van der Waals surface area contributed by atoms with Gasteiger partial charge in [-0.1, -0.05) is 6.07 Å². The number of hydrogen-bond acceptors (Lipinski definition) is 6. The van der Waals surface area contributed by atoms with Gasteiger partial charge in [0.25, 0.3) is 5.91 Å². The first-order chi connectivity index (χ1) is 13.1. The maximum atomic E-state index is 12.9. The van der Waals surface area contributed by atoms with Crippen molar-refractivity contribution in [3.8, 4) is 11.5 Å². The molecule has 0 radical (unpaired) electrons. The van der Waals surface area contributed by atoms with Gasteiger partial charge in [-0.15, -0.1) is 0 Å². The quantitative estimate of drug-likeness (QED) is 0.770. The Kier molecular flexibility index (Phi) is 6.93. The van der Waals surface area contributed by atoms with E-state index >= 15 is 0 Å². The number of carbonyl (C=O) groups is 1. The first-order valence-electron chi connectivity index (χ1n) is 9.63. The number of carbonyl (C=O) groups excluding carboxylic acids is 1. The van der Waals surface area contributed by atoms with Crippen LogP contribution >= 0.6 is 0 Å². The molecule has 2 aliphatic rings. The average Bonchev–Trinajstić information content (AvgIpc) is 2.71. The number of nitrogens with zero attached hydrogens (tertiary/aromatic N) is 2. The van der Waals surface area contributed by atoms with Crippen LogP contribution in [0.15, 0.2) is 18.2 Å². The lowest BCUT2D eigenvalue weighted by Gasteiger charge is -2.35. The van der Waals surface area contributed by atoms with Gasteiger partial charge in [-0.25, -0.2) is 0 Å². The number of piperidine rings is 1. The molecule has 1 saturated heterocycles. The van der Waals surface area contributed by atoms with Gasteiger partial charge in [-0.3, -0.25) is 4.79 Å². The number of methoxy groups -OCH3 is 1. The van der Waals surface area contributed by atoms with Crippen molar-refractivity contribution in [1.82, 2.24) is 9.80 Å². The molecule has 150 valence electrons. The number of fused-ring (bicyclic) bond motifs is 1. The van der Waals surface area contributed by atoms with Crippen molar-refractivity contribution >= 4 is 5.91 Å². The van der Waals surface area contributed by atoms with Gasteiger partial charge in [0.05, 0.1) is 18.3 Å². The molecule has 1 amide bonds. The summed E-state index contributed by atoms with van der Waals surface area (Å²) in [6.07, 6.45) is 1.22. The van der Waals surface area contributed by atoms with E-state index in [1.165, 1.54) is 0 Å². The van der Waals surface area contributed by atoms with Gasteiger partial charge in [-0.05, 0) is 37.9 Å². The van der Waals surface area contributed by atoms with Crippen LogP contribution in [0.25, 0.3) is 0 Å². The molecule has 7 heteroatoms. The summed E-state index contributed by atoms with van der Waals surface area (Å²) in [4.78, 5) is 16.9. The molecule has 2 aliphatic heterocycles. The molecule has 0 aliphatic carbocycles. The summed E-state index contributed by atoms with van der Waals surface area (Å²) in [6, 6.07) is 5.45. The monoisotopic (exact) mass is 378 g/mol. The minimum absolute atomic E-state index is 0.0255. The van der Waals surface area contributed by atoms with Crippen LogP contribution in [0.4, 0.5) is 0 Å². The Morgan fingerprint density at radius 1 is 1.33 bits per heavy atom. The summed E-state index contributed by atoms with van der Waals surface area (Å²) in [5, 5.41) is 10.5. The van der Waals surface area contributed by atoms with Crippen LogP contribution in [-0.4, -0.2) is 87.1 Å². The molecule has 0 spiro atoms. The molecule has 3 rings (SSSR count). The van der Waals surface area contributed by atoms with Gasteiger partial charge in [0.15, 0.2) is 11.5 Å². The number of ether oxygens (including phenoxy) is 3. The van der Waals surface area contributed by atoms with Gasteiger partial charge in [0, 0.05) is 33.3 Å². The van der Waals surface area contributed by atoms with Crippen molar-refractivity contribution in [3.63, 3.8) is 0 Å². The standard InChI is InChI=1S/C20H30N2O5/c1-21(10-11-25-2)14-17(23)15-6-8-22(9-7-15)20(24)16-4-3-5-18-19(16)27-13-12-26-18/h3-5,15,17,23H,6-14H2,1-2H3. The summed E-state index contributed by atoms with van der Waals surface area (Å²) in [7, 11) is 3.67. The summed E-state index contributed by atoms with van der Waals surface area (Å²) in [5.74, 6) is 1.37. The second-order valence-corrected chi connectivity index (χ2v) is 7.28. The highest BCUT2D eigenvalue weighted by molar-refractivity contribution is 5.98. The van der Waals surface area contributed by atoms with Crippen molar-refractivity contribution in [2.45, 2.75) is 18.9 Å². The molecule has 1 N–H and O–H groups in total. The van der Waals surface area contributed by atoms with E-state index in [9.17, 15) is 9.90 Å². The number of hydrogen-bond donors (Lipinski definition) is 1. The van der Waals surface area contributed by atoms with E-state index in [0.717, 1.165) is 19.4 Å². The van der Waals surface area contributed by atoms with Crippen LogP contribution in [0.5, 0.6) is 11.5 Å². The molecular weight excluding hydrogens is 348 g/mol. The first kappa shape index (κ1) is 19.9. The molecule has 7 nitrogen and oxygen atoms in total. The number of para-hydroxylation sites is 1. The minimum atomic E-state index is -0.384. The van der Waals surface area contributed by atoms with Crippen molar-refractivity contribution < 1.29 is 24.1 Å². The fourth-order valence-electron chi connectivity index (χ4n) is 3.71. The van der Waals surface area contributed by atoms with Crippen LogP contribution in [0.3, 0.4) is 0 Å². The molecule has 1 aromatic rings. The first-order valence-corrected chi connectivity index (χ1v) is 9.63. The zero-order valence-electron chi connectivity index (χ0n) is 16.2. The highest BCUT2D eigenvalue weighted by atomic mass is 16.6. The molecule has 0 bridgehead atoms. The zero-order chi connectivity index (χ0) is 19.2. The minimum Gasteiger partial charge on any atom is -0.486 e. The highest BCUT2D eigenvalue weighted by Gasteiger charge is 2.30. The predicted molar refractivity (Wildman–Crippen MR) is 101 cm³/mol. The average molecular weight is 378 g/mol. The Bertz CT molecular complexity index is 631. The largest absolute Gasteiger partial charge is 0.486 e. The van der Waals surface area contributed by atoms with Gasteiger partial charge in [0.2, 0.25) is 0 Å². The van der Waals surface area contributed by atoms with Crippen molar-refractivity contribution in [2.24, 2.45) is 5.92 Å². The van der Waals surface area contributed by atoms with Crippen LogP contribution < -0.4 is 9.47 Å². The maximum Gasteiger partial charge on any atom is 0.257 e. The number of aliphatic hydroxyl groups excluding tert-OH is 1. The van der Waals surface area contributed by atoms with E-state index in [1.807, 2.05) is 24.1 Å². The molecule has 1 unspecified atom stereocenters. The van der Waals surface area contributed by atoms with Crippen LogP contribution in [0.1, 0.15) is 23.2 Å². The van der Waals surface area contributed by atoms with Crippen molar-refractivity contribution in [2.75, 3.05) is 60.2 Å². The molecule has 1 fully saturated rings. The zero-order valence-corrected chi connectivity index (χ0v) is 16.2. The van der Waals surface area contributed by atoms with E-state index in [2.05, 4.69) is 4.90 Å². The van der Waals surface area contributed by atoms with E-state index in [4.69, 9.17) is 14.2 Å². The highest BCUT2D eigenvalue weighted by Crippen LogP contribution is 2.35. The van der Waals surface area contributed by atoms with Crippen LogP contribution in [-0.2, 0) is 4.74 Å². The number of likely N-dealkylation sites (N-methyl/N-ethyl adjacent to an activating group) is 1. The van der Waals surface area contributed by atoms with Gasteiger partial charge >= 0.3 is 0 Å². The molecule has 1 aromatic carbocycles. The summed E-state index contributed by atoms with van der Waals surface area (Å²) >= 11 is 0. The Hall–Kier alpha value is -1.83. The second-order valence-electron chi connectivity index (χ2n) is 7.28. The molecule has 0 saturated carbocycles. The Morgan fingerprint density at radius 3 is 2.81 bits per heavy atom. The Morgan fingerprint density at radius 2 is 2.07 bits per heavy atom. The fourth-order valence-corrected chi connectivity index (χ4v) is 3.71. The lowest BCUT2D eigenvalue weighted by Crippen LogP contribution is -2.44. The fraction of sp³-hybridized carbons (Fsp3) is 0.650. The number of rotatable bonds is 7. The topological polar surface area (TPSA) is 71.5 Å². The number of aliphatic hydroxyl groups is 1. The van der Waals surface area contributed by atoms with E-state index in [1.54, 1.807) is 13.2 Å². The van der Waals surface area contributed by atoms with E-state index in [-0.39, 0.29) is 17.9 Å². The smallest absolute Gasteiger partial charge is 0.257 e. The van der Waals surface area contributed by atoms with E-state index in [0.29, 0.717) is 56.5 Å². The Balaban J connectivity index is 1.54. The number of amides is 1. The van der Waals surface area contributed by atoms with Crippen LogP contribution in [0.2, 0.25) is 0 Å². The third-order valence-electron chi connectivity index (χ3n) is 5.34. The van der Waals surface area contributed by atoms with Gasteiger partial charge in [0.1, 0.15) is 13.2 Å². The molecular formula is C20H30N2O5. The molecule has 27 heavy (non-hydrogen) atoms. The molecule has 1 atom stereocenters.